The highest BCUT2D eigenvalue weighted by atomic mass is 16.5. The summed E-state index contributed by atoms with van der Waals surface area (Å²) in [6, 6.07) is 8.41. The summed E-state index contributed by atoms with van der Waals surface area (Å²) in [4.78, 5) is 2.13. The van der Waals surface area contributed by atoms with Crippen LogP contribution in [0.2, 0.25) is 0 Å². The Morgan fingerprint density at radius 1 is 1.59 bits per heavy atom. The molecule has 0 saturated carbocycles. The number of nitriles is 1. The van der Waals surface area contributed by atoms with Crippen molar-refractivity contribution in [1.82, 2.24) is 0 Å². The average molecular weight is 231 g/mol. The highest BCUT2D eigenvalue weighted by Gasteiger charge is 2.22. The number of rotatable bonds is 3. The molecule has 1 aliphatic rings. The lowest BCUT2D eigenvalue weighted by Crippen LogP contribution is -2.32. The van der Waals surface area contributed by atoms with E-state index in [1.807, 2.05) is 25.2 Å². The van der Waals surface area contributed by atoms with E-state index in [1.54, 1.807) is 0 Å². The highest BCUT2D eigenvalue weighted by Crippen LogP contribution is 2.24. The van der Waals surface area contributed by atoms with Crippen molar-refractivity contribution in [2.24, 2.45) is 5.73 Å². The van der Waals surface area contributed by atoms with Crippen LogP contribution in [0.15, 0.2) is 18.2 Å². The van der Waals surface area contributed by atoms with Crippen molar-refractivity contribution in [3.8, 4) is 6.07 Å². The third-order valence-electron chi connectivity index (χ3n) is 3.25. The van der Waals surface area contributed by atoms with Gasteiger partial charge in [-0.05, 0) is 24.1 Å². The van der Waals surface area contributed by atoms with Crippen LogP contribution < -0.4 is 10.6 Å². The van der Waals surface area contributed by atoms with Crippen LogP contribution in [0.4, 0.5) is 5.69 Å². The van der Waals surface area contributed by atoms with Gasteiger partial charge in [-0.1, -0.05) is 6.07 Å². The summed E-state index contributed by atoms with van der Waals surface area (Å²) in [5.74, 6) is 0. The molecular weight excluding hydrogens is 214 g/mol. The number of hydrogen-bond acceptors (Lipinski definition) is 4. The summed E-state index contributed by atoms with van der Waals surface area (Å²) in [6.07, 6.45) is 1.01. The van der Waals surface area contributed by atoms with E-state index in [0.717, 1.165) is 30.9 Å². The molecule has 4 nitrogen and oxygen atoms in total. The summed E-state index contributed by atoms with van der Waals surface area (Å²) in [7, 11) is 2.01. The van der Waals surface area contributed by atoms with Gasteiger partial charge in [0, 0.05) is 20.2 Å². The first-order valence-electron chi connectivity index (χ1n) is 5.80. The molecule has 90 valence electrons. The largest absolute Gasteiger partial charge is 0.379 e. The molecule has 1 atom stereocenters. The van der Waals surface area contributed by atoms with Crippen LogP contribution >= 0.6 is 0 Å². The monoisotopic (exact) mass is 231 g/mol. The van der Waals surface area contributed by atoms with Gasteiger partial charge in [0.25, 0.3) is 0 Å². The van der Waals surface area contributed by atoms with Gasteiger partial charge in [0.2, 0.25) is 0 Å². The van der Waals surface area contributed by atoms with Gasteiger partial charge in [0.1, 0.15) is 6.07 Å². The third kappa shape index (κ3) is 2.41. The summed E-state index contributed by atoms with van der Waals surface area (Å²) in [5.41, 5.74) is 8.21. The Balaban J connectivity index is 2.28. The maximum atomic E-state index is 9.18. The summed E-state index contributed by atoms with van der Waals surface area (Å²) in [5, 5.41) is 9.18. The maximum absolute atomic E-state index is 9.18. The molecule has 2 rings (SSSR count). The quantitative estimate of drug-likeness (QED) is 0.850. The van der Waals surface area contributed by atoms with Crippen LogP contribution in [0, 0.1) is 11.3 Å². The molecule has 1 saturated heterocycles. The van der Waals surface area contributed by atoms with Gasteiger partial charge in [-0.2, -0.15) is 5.26 Å². The number of ether oxygens (including phenoxy) is 1. The molecule has 0 aromatic heterocycles. The standard InChI is InChI=1S/C13H17N3O/c1-16(12-4-5-17-9-12)13-3-2-10(7-14)6-11(13)8-15/h2-3,6,12H,4-5,7,9,14H2,1H3. The minimum atomic E-state index is 0.367. The molecule has 1 aromatic carbocycles. The topological polar surface area (TPSA) is 62.3 Å². The molecule has 0 bridgehead atoms. The van der Waals surface area contributed by atoms with Crippen molar-refractivity contribution in [1.29, 1.82) is 5.26 Å². The molecule has 1 aromatic rings. The Labute approximate surface area is 102 Å². The summed E-state index contributed by atoms with van der Waals surface area (Å²) >= 11 is 0. The molecule has 0 amide bonds. The SMILES string of the molecule is CN(c1ccc(CN)cc1C#N)C1CCOC1. The van der Waals surface area contributed by atoms with Crippen LogP contribution in [0.5, 0.6) is 0 Å². The van der Waals surface area contributed by atoms with Crippen molar-refractivity contribution >= 4 is 5.69 Å². The molecule has 1 fully saturated rings. The first-order valence-corrected chi connectivity index (χ1v) is 5.80. The fraction of sp³-hybridized carbons (Fsp3) is 0.462. The Morgan fingerprint density at radius 2 is 2.41 bits per heavy atom. The molecule has 1 unspecified atom stereocenters. The second-order valence-corrected chi connectivity index (χ2v) is 4.30. The Bertz CT molecular complexity index is 433. The number of hydrogen-bond donors (Lipinski definition) is 1. The van der Waals surface area contributed by atoms with E-state index < -0.39 is 0 Å². The molecule has 1 aliphatic heterocycles. The Morgan fingerprint density at radius 3 is 3.00 bits per heavy atom. The van der Waals surface area contributed by atoms with E-state index in [1.165, 1.54) is 0 Å². The van der Waals surface area contributed by atoms with Crippen molar-refractivity contribution < 1.29 is 4.74 Å². The van der Waals surface area contributed by atoms with Gasteiger partial charge in [-0.15, -0.1) is 0 Å². The van der Waals surface area contributed by atoms with Gasteiger partial charge < -0.3 is 15.4 Å². The zero-order chi connectivity index (χ0) is 12.3. The second kappa shape index (κ2) is 5.17. The van der Waals surface area contributed by atoms with Crippen molar-refractivity contribution in [2.45, 2.75) is 19.0 Å². The molecule has 0 spiro atoms. The molecule has 0 radical (unpaired) electrons. The first kappa shape index (κ1) is 11.9. The van der Waals surface area contributed by atoms with Crippen LogP contribution in [0.3, 0.4) is 0 Å². The minimum Gasteiger partial charge on any atom is -0.379 e. The fourth-order valence-corrected chi connectivity index (χ4v) is 2.13. The number of nitrogens with two attached hydrogens (primary N) is 1. The lowest BCUT2D eigenvalue weighted by molar-refractivity contribution is 0.193. The lowest BCUT2D eigenvalue weighted by atomic mass is 10.1. The first-order chi connectivity index (χ1) is 8.26. The van der Waals surface area contributed by atoms with Crippen LogP contribution in [0.1, 0.15) is 17.5 Å². The molecule has 1 heterocycles. The second-order valence-electron chi connectivity index (χ2n) is 4.30. The van der Waals surface area contributed by atoms with Crippen LogP contribution in [0.25, 0.3) is 0 Å². The number of anilines is 1. The van der Waals surface area contributed by atoms with E-state index in [9.17, 15) is 5.26 Å². The van der Waals surface area contributed by atoms with E-state index in [0.29, 0.717) is 18.2 Å². The summed E-state index contributed by atoms with van der Waals surface area (Å²) in [6.45, 7) is 2.00. The van der Waals surface area contributed by atoms with Crippen molar-refractivity contribution in [2.75, 3.05) is 25.2 Å². The Kier molecular flexibility index (Phi) is 3.62. The number of nitrogens with zero attached hydrogens (tertiary/aromatic N) is 2. The number of likely N-dealkylation sites (N-methyl/N-ethyl adjacent to an activating group) is 1. The van der Waals surface area contributed by atoms with Gasteiger partial charge in [-0.25, -0.2) is 0 Å². The smallest absolute Gasteiger partial charge is 0.101 e. The lowest BCUT2D eigenvalue weighted by Gasteiger charge is -2.26. The van der Waals surface area contributed by atoms with Gasteiger partial charge >= 0.3 is 0 Å². The molecular formula is C13H17N3O. The third-order valence-corrected chi connectivity index (χ3v) is 3.25. The van der Waals surface area contributed by atoms with Gasteiger partial charge in [-0.3, -0.25) is 0 Å². The number of benzene rings is 1. The normalized spacial score (nSPS) is 19.0. The fourth-order valence-electron chi connectivity index (χ4n) is 2.13. The Hall–Kier alpha value is -1.57. The minimum absolute atomic E-state index is 0.367. The van der Waals surface area contributed by atoms with Gasteiger partial charge in [0.15, 0.2) is 0 Å². The molecule has 4 heteroatoms. The van der Waals surface area contributed by atoms with Crippen LogP contribution in [-0.4, -0.2) is 26.3 Å². The molecule has 0 aliphatic carbocycles. The van der Waals surface area contributed by atoms with Gasteiger partial charge in [0.05, 0.1) is 23.9 Å². The average Bonchev–Trinajstić information content (AvgIpc) is 2.91. The van der Waals surface area contributed by atoms with E-state index in [2.05, 4.69) is 11.0 Å². The summed E-state index contributed by atoms with van der Waals surface area (Å²) < 4.78 is 5.37. The van der Waals surface area contributed by atoms with Crippen LogP contribution in [-0.2, 0) is 11.3 Å². The highest BCUT2D eigenvalue weighted by molar-refractivity contribution is 5.60. The van der Waals surface area contributed by atoms with Crippen molar-refractivity contribution in [3.05, 3.63) is 29.3 Å². The predicted molar refractivity (Wildman–Crippen MR) is 66.7 cm³/mol. The zero-order valence-electron chi connectivity index (χ0n) is 10.0. The molecule has 2 N–H and O–H groups in total. The van der Waals surface area contributed by atoms with Crippen molar-refractivity contribution in [3.63, 3.8) is 0 Å². The zero-order valence-corrected chi connectivity index (χ0v) is 10.0. The maximum Gasteiger partial charge on any atom is 0.101 e. The van der Waals surface area contributed by atoms with E-state index >= 15 is 0 Å². The van der Waals surface area contributed by atoms with E-state index in [4.69, 9.17) is 10.5 Å². The molecule has 17 heavy (non-hydrogen) atoms. The van der Waals surface area contributed by atoms with E-state index in [-0.39, 0.29) is 0 Å². The predicted octanol–water partition coefficient (Wildman–Crippen LogP) is 1.24.